The van der Waals surface area contributed by atoms with Crippen molar-refractivity contribution < 1.29 is 19.2 Å². The van der Waals surface area contributed by atoms with Crippen LogP contribution in [0, 0.1) is 12.8 Å². The Hall–Kier alpha value is -1.05. The lowest BCUT2D eigenvalue weighted by Gasteiger charge is -2.44. The lowest BCUT2D eigenvalue weighted by atomic mass is 9.76. The number of nitrogens with zero attached hydrogens (tertiary/aromatic N) is 3. The van der Waals surface area contributed by atoms with E-state index in [4.69, 9.17) is 29.2 Å². The van der Waals surface area contributed by atoms with Crippen LogP contribution in [0.15, 0.2) is 0 Å². The third kappa shape index (κ3) is 6.80. The molecule has 1 saturated heterocycles. The van der Waals surface area contributed by atoms with Crippen molar-refractivity contribution in [2.24, 2.45) is 5.92 Å². The second kappa shape index (κ2) is 9.94. The summed E-state index contributed by atoms with van der Waals surface area (Å²) in [5.41, 5.74) is 3.92. The van der Waals surface area contributed by atoms with Gasteiger partial charge in [0.1, 0.15) is 0 Å². The van der Waals surface area contributed by atoms with E-state index in [0.29, 0.717) is 0 Å². The molecule has 0 unspecified atom stereocenters. The SMILES string of the molecule is CCCNc1nc(C)c2c(n1)C[C@@H]1CCCN(CCC)[C@H]1C2.O=P(O)(O)O. The van der Waals surface area contributed by atoms with Gasteiger partial charge in [0.15, 0.2) is 0 Å². The Bertz CT molecular complexity index is 657. The maximum Gasteiger partial charge on any atom is 0.466 e. The molecule has 0 bridgehead atoms. The maximum absolute atomic E-state index is 8.88. The molecule has 0 amide bonds. The summed E-state index contributed by atoms with van der Waals surface area (Å²) >= 11 is 0. The van der Waals surface area contributed by atoms with E-state index in [1.54, 1.807) is 0 Å². The lowest BCUT2D eigenvalue weighted by molar-refractivity contribution is 0.0843. The summed E-state index contributed by atoms with van der Waals surface area (Å²) in [4.78, 5) is 33.8. The van der Waals surface area contributed by atoms with Gasteiger partial charge in [0.25, 0.3) is 0 Å². The fraction of sp³-hybridized carbons (Fsp3) is 0.778. The summed E-state index contributed by atoms with van der Waals surface area (Å²) in [5.74, 6) is 1.62. The minimum absolute atomic E-state index is 0.720. The summed E-state index contributed by atoms with van der Waals surface area (Å²) in [5, 5.41) is 3.35. The molecule has 2 heterocycles. The first-order chi connectivity index (χ1) is 12.7. The molecule has 0 spiro atoms. The fourth-order valence-corrected chi connectivity index (χ4v) is 4.17. The predicted octanol–water partition coefficient (Wildman–Crippen LogP) is 2.27. The number of piperidine rings is 1. The zero-order chi connectivity index (χ0) is 20.0. The smallest absolute Gasteiger partial charge is 0.354 e. The van der Waals surface area contributed by atoms with Crippen LogP contribution in [0.1, 0.15) is 56.5 Å². The van der Waals surface area contributed by atoms with E-state index in [-0.39, 0.29) is 0 Å². The lowest BCUT2D eigenvalue weighted by Crippen LogP contribution is -2.49. The Kier molecular flexibility index (Phi) is 8.19. The van der Waals surface area contributed by atoms with Gasteiger partial charge >= 0.3 is 7.82 Å². The van der Waals surface area contributed by atoms with Gasteiger partial charge in [-0.15, -0.1) is 0 Å². The molecule has 3 rings (SSSR count). The standard InChI is InChI=1S/C18H30N4.H3O4P/c1-4-8-19-18-20-13(3)15-12-17-14(11-16(15)21-18)7-6-10-22(17)9-5-2;1-5(2,3)4/h14,17H,4-12H2,1-3H3,(H,19,20,21);(H3,1,2,3,4)/t14-,17-;/m0./s1. The van der Waals surface area contributed by atoms with Gasteiger partial charge in [-0.1, -0.05) is 13.8 Å². The van der Waals surface area contributed by atoms with Crippen LogP contribution in [0.5, 0.6) is 0 Å². The molecule has 4 N–H and O–H groups in total. The minimum atomic E-state index is -4.64. The average Bonchev–Trinajstić information content (AvgIpc) is 2.58. The molecule has 8 nitrogen and oxygen atoms in total. The van der Waals surface area contributed by atoms with E-state index < -0.39 is 7.82 Å². The summed E-state index contributed by atoms with van der Waals surface area (Å²) in [7, 11) is -4.64. The molecule has 1 aromatic heterocycles. The number of likely N-dealkylation sites (tertiary alicyclic amines) is 1. The maximum atomic E-state index is 8.88. The van der Waals surface area contributed by atoms with Crippen LogP contribution in [-0.2, 0) is 17.4 Å². The summed E-state index contributed by atoms with van der Waals surface area (Å²) in [6.07, 6.45) is 7.37. The number of rotatable bonds is 5. The fourth-order valence-electron chi connectivity index (χ4n) is 4.17. The molecule has 154 valence electrons. The number of aromatic nitrogens is 2. The van der Waals surface area contributed by atoms with Crippen molar-refractivity contribution in [3.05, 3.63) is 17.0 Å². The number of nitrogens with one attached hydrogen (secondary N) is 1. The van der Waals surface area contributed by atoms with Gasteiger partial charge in [-0.2, -0.15) is 0 Å². The van der Waals surface area contributed by atoms with Crippen LogP contribution in [-0.4, -0.2) is 55.2 Å². The zero-order valence-electron chi connectivity index (χ0n) is 16.6. The monoisotopic (exact) mass is 400 g/mol. The normalized spacial score (nSPS) is 22.3. The Morgan fingerprint density at radius 1 is 1.19 bits per heavy atom. The third-order valence-electron chi connectivity index (χ3n) is 5.25. The quantitative estimate of drug-likeness (QED) is 0.556. The van der Waals surface area contributed by atoms with Crippen LogP contribution in [0.2, 0.25) is 0 Å². The first-order valence-electron chi connectivity index (χ1n) is 9.85. The van der Waals surface area contributed by atoms with Crippen LogP contribution < -0.4 is 5.32 Å². The van der Waals surface area contributed by atoms with Gasteiger partial charge in [0, 0.05) is 24.0 Å². The first kappa shape index (κ1) is 22.2. The van der Waals surface area contributed by atoms with Crippen molar-refractivity contribution in [2.75, 3.05) is 25.0 Å². The summed E-state index contributed by atoms with van der Waals surface area (Å²) in [6.45, 7) is 10.1. The Labute approximate surface area is 161 Å². The minimum Gasteiger partial charge on any atom is -0.354 e. The number of hydrogen-bond donors (Lipinski definition) is 4. The van der Waals surface area contributed by atoms with Gasteiger partial charge in [-0.3, -0.25) is 4.90 Å². The average molecular weight is 400 g/mol. The van der Waals surface area contributed by atoms with Gasteiger partial charge in [-0.25, -0.2) is 14.5 Å². The third-order valence-corrected chi connectivity index (χ3v) is 5.25. The van der Waals surface area contributed by atoms with Gasteiger partial charge in [0.2, 0.25) is 5.95 Å². The molecule has 1 aliphatic carbocycles. The molecule has 0 radical (unpaired) electrons. The molecule has 2 aliphatic rings. The van der Waals surface area contributed by atoms with Crippen LogP contribution in [0.4, 0.5) is 5.95 Å². The number of aryl methyl sites for hydroxylation is 1. The molecule has 0 saturated carbocycles. The van der Waals surface area contributed by atoms with Crippen LogP contribution in [0.25, 0.3) is 0 Å². The Morgan fingerprint density at radius 3 is 2.52 bits per heavy atom. The molecular weight excluding hydrogens is 367 g/mol. The van der Waals surface area contributed by atoms with Gasteiger partial charge in [-0.05, 0) is 70.0 Å². The molecule has 1 aromatic rings. The van der Waals surface area contributed by atoms with E-state index in [1.165, 1.54) is 49.3 Å². The highest BCUT2D eigenvalue weighted by Crippen LogP contribution is 2.35. The molecule has 9 heteroatoms. The molecular formula is C18H33N4O4P. The topological polar surface area (TPSA) is 119 Å². The second-order valence-electron chi connectivity index (χ2n) is 7.41. The predicted molar refractivity (Wildman–Crippen MR) is 106 cm³/mol. The Balaban J connectivity index is 0.000000465. The van der Waals surface area contributed by atoms with Crippen molar-refractivity contribution in [1.29, 1.82) is 0 Å². The van der Waals surface area contributed by atoms with E-state index >= 15 is 0 Å². The van der Waals surface area contributed by atoms with E-state index in [0.717, 1.165) is 43.7 Å². The first-order valence-corrected chi connectivity index (χ1v) is 11.4. The van der Waals surface area contributed by atoms with Crippen LogP contribution >= 0.6 is 7.82 Å². The van der Waals surface area contributed by atoms with Gasteiger partial charge in [0.05, 0.1) is 0 Å². The zero-order valence-corrected chi connectivity index (χ0v) is 17.5. The highest BCUT2D eigenvalue weighted by atomic mass is 31.2. The molecule has 0 aromatic carbocycles. The van der Waals surface area contributed by atoms with Crippen molar-refractivity contribution in [1.82, 2.24) is 14.9 Å². The van der Waals surface area contributed by atoms with Crippen molar-refractivity contribution in [3.8, 4) is 0 Å². The van der Waals surface area contributed by atoms with Gasteiger partial charge < -0.3 is 20.0 Å². The molecule has 1 fully saturated rings. The van der Waals surface area contributed by atoms with Crippen LogP contribution in [0.3, 0.4) is 0 Å². The molecule has 2 atom stereocenters. The van der Waals surface area contributed by atoms with Crippen molar-refractivity contribution >= 4 is 13.8 Å². The van der Waals surface area contributed by atoms with E-state index in [1.807, 2.05) is 0 Å². The van der Waals surface area contributed by atoms with E-state index in [2.05, 4.69) is 31.0 Å². The number of phosphoric acid groups is 1. The second-order valence-corrected chi connectivity index (χ2v) is 8.44. The summed E-state index contributed by atoms with van der Waals surface area (Å²) in [6, 6.07) is 0.720. The molecule has 1 aliphatic heterocycles. The van der Waals surface area contributed by atoms with Crippen molar-refractivity contribution in [2.45, 2.75) is 65.3 Å². The molecule has 27 heavy (non-hydrogen) atoms. The highest BCUT2D eigenvalue weighted by molar-refractivity contribution is 7.45. The van der Waals surface area contributed by atoms with E-state index in [9.17, 15) is 0 Å². The number of hydrogen-bond acceptors (Lipinski definition) is 5. The van der Waals surface area contributed by atoms with Crippen molar-refractivity contribution in [3.63, 3.8) is 0 Å². The largest absolute Gasteiger partial charge is 0.466 e. The number of fused-ring (bicyclic) bond motifs is 2. The number of anilines is 1. The Morgan fingerprint density at radius 2 is 1.89 bits per heavy atom. The summed E-state index contributed by atoms with van der Waals surface area (Å²) < 4.78 is 8.88. The highest BCUT2D eigenvalue weighted by Gasteiger charge is 2.36.